The lowest BCUT2D eigenvalue weighted by Gasteiger charge is -2.16. The molecular weight excluding hydrogens is 108 g/mol. The van der Waals surface area contributed by atoms with Crippen LogP contribution in [0.4, 0.5) is 4.79 Å². The van der Waals surface area contributed by atoms with Gasteiger partial charge in [0.25, 0.3) is 0 Å². The number of hydrogen-bond acceptors (Lipinski definition) is 3. The molecule has 0 atom stereocenters. The van der Waals surface area contributed by atoms with Crippen LogP contribution in [0.2, 0.25) is 0 Å². The number of carbonyl (C=O) groups excluding carboxylic acids is 1. The number of carbonyl (C=O) groups is 1. The van der Waals surface area contributed by atoms with E-state index in [1.54, 1.807) is 0 Å². The highest BCUT2D eigenvalue weighted by molar-refractivity contribution is 5.65. The molecule has 0 aromatic carbocycles. The van der Waals surface area contributed by atoms with Gasteiger partial charge in [-0.05, 0) is 13.8 Å². The summed E-state index contributed by atoms with van der Waals surface area (Å²) in [5, 5.41) is 0. The zero-order valence-corrected chi connectivity index (χ0v) is 4.97. The molecule has 0 spiro atoms. The Labute approximate surface area is 47.8 Å². The number of nitrogens with two attached hydrogens (primary N) is 2. The lowest BCUT2D eigenvalue weighted by molar-refractivity contribution is 0.0508. The van der Waals surface area contributed by atoms with Crippen LogP contribution in [0, 0.1) is 0 Å². The van der Waals surface area contributed by atoms with E-state index in [2.05, 4.69) is 10.5 Å². The molecule has 0 rings (SSSR count). The summed E-state index contributed by atoms with van der Waals surface area (Å²) >= 11 is 0. The zero-order chi connectivity index (χ0) is 6.78. The van der Waals surface area contributed by atoms with E-state index in [4.69, 9.17) is 5.73 Å². The van der Waals surface area contributed by atoms with E-state index in [-0.39, 0.29) is 0 Å². The molecule has 0 aliphatic rings. The molecule has 0 aromatic heterocycles. The van der Waals surface area contributed by atoms with Gasteiger partial charge in [-0.15, -0.1) is 0 Å². The molecule has 0 radical (unpaired) electrons. The Bertz CT molecular complexity index is 94.7. The summed E-state index contributed by atoms with van der Waals surface area (Å²) in [5.74, 6) is 0. The molecule has 1 amide bonds. The SMILES string of the molecule is CC(C)(N)OC(N)=O. The number of ether oxygens (including phenoxy) is 1. The maximum Gasteiger partial charge on any atom is 0.406 e. The Balaban J connectivity index is 3.55. The Kier molecular flexibility index (Phi) is 1.81. The fourth-order valence-electron chi connectivity index (χ4n) is 0.259. The van der Waals surface area contributed by atoms with Crippen LogP contribution in [0.25, 0.3) is 0 Å². The zero-order valence-electron chi connectivity index (χ0n) is 4.97. The first-order valence-electron chi connectivity index (χ1n) is 2.19. The molecule has 0 saturated heterocycles. The largest absolute Gasteiger partial charge is 0.429 e. The van der Waals surface area contributed by atoms with E-state index in [1.807, 2.05) is 0 Å². The average molecular weight is 118 g/mol. The van der Waals surface area contributed by atoms with Gasteiger partial charge in [0.1, 0.15) is 0 Å². The van der Waals surface area contributed by atoms with Crippen LogP contribution in [-0.2, 0) is 4.74 Å². The number of hydrogen-bond donors (Lipinski definition) is 2. The summed E-state index contributed by atoms with van der Waals surface area (Å²) in [7, 11) is 0. The Morgan fingerprint density at radius 2 is 2.00 bits per heavy atom. The quantitative estimate of drug-likeness (QED) is 0.467. The first-order valence-corrected chi connectivity index (χ1v) is 2.19. The maximum absolute atomic E-state index is 9.93. The minimum Gasteiger partial charge on any atom is -0.429 e. The Morgan fingerprint density at radius 1 is 1.62 bits per heavy atom. The standard InChI is InChI=1S/C4H10N2O2/c1-4(2,6)8-3(5)7/h6H2,1-2H3,(H2,5,7). The van der Waals surface area contributed by atoms with Crippen molar-refractivity contribution in [2.45, 2.75) is 19.6 Å². The second-order valence-electron chi connectivity index (χ2n) is 2.02. The van der Waals surface area contributed by atoms with Crippen LogP contribution < -0.4 is 11.5 Å². The maximum atomic E-state index is 9.93. The summed E-state index contributed by atoms with van der Waals surface area (Å²) < 4.78 is 4.35. The van der Waals surface area contributed by atoms with E-state index in [0.717, 1.165) is 0 Å². The van der Waals surface area contributed by atoms with Gasteiger partial charge in [-0.2, -0.15) is 0 Å². The summed E-state index contributed by atoms with van der Waals surface area (Å²) in [4.78, 5) is 9.93. The molecule has 8 heavy (non-hydrogen) atoms. The Hall–Kier alpha value is -0.770. The van der Waals surface area contributed by atoms with Gasteiger partial charge >= 0.3 is 6.09 Å². The first-order chi connectivity index (χ1) is 3.42. The van der Waals surface area contributed by atoms with Crippen molar-refractivity contribution in [3.05, 3.63) is 0 Å². The van der Waals surface area contributed by atoms with Crippen LogP contribution in [0.3, 0.4) is 0 Å². The predicted molar refractivity (Wildman–Crippen MR) is 28.9 cm³/mol. The van der Waals surface area contributed by atoms with Crippen molar-refractivity contribution in [3.8, 4) is 0 Å². The number of primary amides is 1. The van der Waals surface area contributed by atoms with Crippen LogP contribution in [0.15, 0.2) is 0 Å². The van der Waals surface area contributed by atoms with Crippen molar-refractivity contribution in [1.82, 2.24) is 0 Å². The lowest BCUT2D eigenvalue weighted by Crippen LogP contribution is -2.39. The molecule has 0 aromatic rings. The summed E-state index contributed by atoms with van der Waals surface area (Å²) in [6.45, 7) is 3.08. The summed E-state index contributed by atoms with van der Waals surface area (Å²) in [6, 6.07) is 0. The molecule has 0 unspecified atom stereocenters. The number of rotatable bonds is 1. The highest BCUT2D eigenvalue weighted by Crippen LogP contribution is 1.96. The van der Waals surface area contributed by atoms with E-state index in [9.17, 15) is 4.79 Å². The van der Waals surface area contributed by atoms with Crippen molar-refractivity contribution < 1.29 is 9.53 Å². The third-order valence-electron chi connectivity index (χ3n) is 0.364. The fraction of sp³-hybridized carbons (Fsp3) is 0.750. The van der Waals surface area contributed by atoms with Crippen molar-refractivity contribution in [2.75, 3.05) is 0 Å². The predicted octanol–water partition coefficient (Wildman–Crippen LogP) is -0.223. The van der Waals surface area contributed by atoms with Gasteiger partial charge < -0.3 is 10.5 Å². The van der Waals surface area contributed by atoms with E-state index >= 15 is 0 Å². The van der Waals surface area contributed by atoms with Crippen molar-refractivity contribution in [3.63, 3.8) is 0 Å². The average Bonchev–Trinajstić information content (AvgIpc) is 1.21. The smallest absolute Gasteiger partial charge is 0.406 e. The molecule has 48 valence electrons. The Morgan fingerprint density at radius 3 is 2.00 bits per heavy atom. The topological polar surface area (TPSA) is 78.3 Å². The van der Waals surface area contributed by atoms with E-state index in [1.165, 1.54) is 13.8 Å². The fourth-order valence-corrected chi connectivity index (χ4v) is 0.259. The third kappa shape index (κ3) is 5.23. The van der Waals surface area contributed by atoms with Gasteiger partial charge in [-0.3, -0.25) is 5.73 Å². The minimum atomic E-state index is -0.953. The molecule has 0 aliphatic heterocycles. The number of amides is 1. The highest BCUT2D eigenvalue weighted by atomic mass is 16.6. The molecule has 0 saturated carbocycles. The molecule has 4 nitrogen and oxygen atoms in total. The monoisotopic (exact) mass is 118 g/mol. The van der Waals surface area contributed by atoms with Gasteiger partial charge in [0, 0.05) is 0 Å². The molecule has 0 heterocycles. The van der Waals surface area contributed by atoms with Crippen molar-refractivity contribution >= 4 is 6.09 Å². The highest BCUT2D eigenvalue weighted by Gasteiger charge is 2.12. The molecule has 0 fully saturated rings. The van der Waals surface area contributed by atoms with E-state index in [0.29, 0.717) is 0 Å². The van der Waals surface area contributed by atoms with Crippen LogP contribution in [-0.4, -0.2) is 11.8 Å². The minimum absolute atomic E-state index is 0.850. The molecule has 0 aliphatic carbocycles. The van der Waals surface area contributed by atoms with Crippen molar-refractivity contribution in [1.29, 1.82) is 0 Å². The van der Waals surface area contributed by atoms with Crippen molar-refractivity contribution in [2.24, 2.45) is 11.5 Å². The van der Waals surface area contributed by atoms with E-state index < -0.39 is 11.8 Å². The summed E-state index contributed by atoms with van der Waals surface area (Å²) in [5.41, 5.74) is 8.90. The normalized spacial score (nSPS) is 10.9. The summed E-state index contributed by atoms with van der Waals surface area (Å²) in [6.07, 6.45) is -0.850. The van der Waals surface area contributed by atoms with Gasteiger partial charge in [-0.25, -0.2) is 4.79 Å². The molecular formula is C4H10N2O2. The molecule has 4 N–H and O–H groups in total. The first kappa shape index (κ1) is 7.23. The van der Waals surface area contributed by atoms with Gasteiger partial charge in [0.05, 0.1) is 0 Å². The molecule has 4 heteroatoms. The van der Waals surface area contributed by atoms with Crippen LogP contribution >= 0.6 is 0 Å². The van der Waals surface area contributed by atoms with Gasteiger partial charge in [-0.1, -0.05) is 0 Å². The second-order valence-corrected chi connectivity index (χ2v) is 2.02. The third-order valence-corrected chi connectivity index (χ3v) is 0.364. The van der Waals surface area contributed by atoms with Gasteiger partial charge in [0.2, 0.25) is 0 Å². The second kappa shape index (κ2) is 2.00. The van der Waals surface area contributed by atoms with Gasteiger partial charge in [0.15, 0.2) is 5.72 Å². The molecule has 0 bridgehead atoms. The lowest BCUT2D eigenvalue weighted by atomic mass is 10.3. The van der Waals surface area contributed by atoms with Crippen LogP contribution in [0.1, 0.15) is 13.8 Å². The van der Waals surface area contributed by atoms with Crippen LogP contribution in [0.5, 0.6) is 0 Å².